The third-order valence-electron chi connectivity index (χ3n) is 5.61. The molecule has 1 aromatic heterocycles. The predicted molar refractivity (Wildman–Crippen MR) is 109 cm³/mol. The van der Waals surface area contributed by atoms with Gasteiger partial charge < -0.3 is 15.4 Å². The average molecular weight is 370 g/mol. The number of pyridine rings is 1. The predicted octanol–water partition coefficient (Wildman–Crippen LogP) is 4.49. The van der Waals surface area contributed by atoms with Crippen LogP contribution in [-0.2, 0) is 9.53 Å². The van der Waals surface area contributed by atoms with Crippen LogP contribution in [0.5, 0.6) is 0 Å². The van der Waals surface area contributed by atoms with Crippen LogP contribution < -0.4 is 10.6 Å². The van der Waals surface area contributed by atoms with E-state index >= 15 is 0 Å². The van der Waals surface area contributed by atoms with Gasteiger partial charge in [-0.15, -0.1) is 0 Å². The quantitative estimate of drug-likeness (QED) is 0.707. The molecule has 5 nitrogen and oxygen atoms in total. The number of rotatable bonds is 0. The molecule has 1 aliphatic heterocycles. The van der Waals surface area contributed by atoms with Crippen molar-refractivity contribution in [2.45, 2.75) is 51.9 Å². The van der Waals surface area contributed by atoms with Gasteiger partial charge in [-0.25, -0.2) is 4.98 Å². The Morgan fingerprint density at radius 3 is 2.85 bits per heavy atom. The lowest BCUT2D eigenvalue weighted by atomic mass is 9.79. The van der Waals surface area contributed by atoms with E-state index in [1.165, 1.54) is 44.8 Å². The van der Waals surface area contributed by atoms with Crippen molar-refractivity contribution in [3.63, 3.8) is 0 Å². The first-order chi connectivity index (χ1) is 13.1. The lowest BCUT2D eigenvalue weighted by molar-refractivity contribution is -0.117. The van der Waals surface area contributed by atoms with Crippen LogP contribution in [0.4, 0.5) is 5.82 Å². The summed E-state index contributed by atoms with van der Waals surface area (Å²) in [4.78, 5) is 16.7. The van der Waals surface area contributed by atoms with Gasteiger partial charge in [0.15, 0.2) is 0 Å². The zero-order valence-corrected chi connectivity index (χ0v) is 16.3. The van der Waals surface area contributed by atoms with E-state index in [0.29, 0.717) is 17.3 Å². The van der Waals surface area contributed by atoms with E-state index in [1.54, 1.807) is 13.1 Å². The van der Waals surface area contributed by atoms with E-state index in [0.717, 1.165) is 36.8 Å². The molecule has 4 bridgehead atoms. The molecule has 1 amide bonds. The molecule has 2 unspecified atom stereocenters. The normalized spacial score (nSPS) is 27.1. The largest absolute Gasteiger partial charge is 0.465 e. The van der Waals surface area contributed by atoms with Gasteiger partial charge in [0.1, 0.15) is 11.6 Å². The first kappa shape index (κ1) is 19.5. The van der Waals surface area contributed by atoms with E-state index in [1.807, 2.05) is 12.1 Å². The minimum atomic E-state index is -0.0666. The number of aromatic nitrogens is 1. The Morgan fingerprint density at radius 2 is 1.96 bits per heavy atom. The van der Waals surface area contributed by atoms with Crippen molar-refractivity contribution >= 4 is 17.5 Å². The van der Waals surface area contributed by atoms with Gasteiger partial charge >= 0.3 is 0 Å². The number of carbonyl (C=O) groups is 1. The highest BCUT2D eigenvalue weighted by Gasteiger charge is 2.22. The molecule has 0 saturated heterocycles. The summed E-state index contributed by atoms with van der Waals surface area (Å²) < 4.78 is 5.62. The van der Waals surface area contributed by atoms with Gasteiger partial charge in [0, 0.05) is 30.4 Å². The number of nitrogens with zero attached hydrogens (tertiary/aromatic N) is 1. The number of fused-ring (bicyclic) bond motifs is 4. The van der Waals surface area contributed by atoms with Crippen molar-refractivity contribution in [3.8, 4) is 0 Å². The first-order valence-electron chi connectivity index (χ1n) is 10.1. The van der Waals surface area contributed by atoms with Crippen LogP contribution in [0.25, 0.3) is 5.76 Å². The third-order valence-corrected chi connectivity index (χ3v) is 5.61. The third kappa shape index (κ3) is 5.84. The summed E-state index contributed by atoms with van der Waals surface area (Å²) >= 11 is 0. The van der Waals surface area contributed by atoms with Crippen molar-refractivity contribution < 1.29 is 9.53 Å². The molecule has 27 heavy (non-hydrogen) atoms. The van der Waals surface area contributed by atoms with Gasteiger partial charge in [0.25, 0.3) is 0 Å². The Morgan fingerprint density at radius 1 is 1.15 bits per heavy atom. The Balaban J connectivity index is 1.70. The van der Waals surface area contributed by atoms with Crippen LogP contribution in [0.2, 0.25) is 0 Å². The van der Waals surface area contributed by atoms with Gasteiger partial charge in [-0.05, 0) is 50.2 Å². The van der Waals surface area contributed by atoms with Gasteiger partial charge in [-0.1, -0.05) is 32.3 Å². The number of carbonyl (C=O) groups excluding carboxylic acids is 1. The minimum Gasteiger partial charge on any atom is -0.465 e. The van der Waals surface area contributed by atoms with Gasteiger partial charge in [0.2, 0.25) is 5.91 Å². The highest BCUT2D eigenvalue weighted by molar-refractivity contribution is 5.92. The molecule has 2 N–H and O–H groups in total. The van der Waals surface area contributed by atoms with Crippen molar-refractivity contribution in [1.82, 2.24) is 10.3 Å². The summed E-state index contributed by atoms with van der Waals surface area (Å²) in [6, 6.07) is 3.79. The monoisotopic (exact) mass is 369 g/mol. The molecule has 0 radical (unpaired) electrons. The molecule has 1 saturated carbocycles. The average Bonchev–Trinajstić information content (AvgIpc) is 2.69. The summed E-state index contributed by atoms with van der Waals surface area (Å²) in [7, 11) is 0. The summed E-state index contributed by atoms with van der Waals surface area (Å²) in [5.74, 6) is 2.66. The van der Waals surface area contributed by atoms with Crippen LogP contribution in [0, 0.1) is 11.8 Å². The summed E-state index contributed by atoms with van der Waals surface area (Å²) in [5.41, 5.74) is 1.41. The molecule has 1 aliphatic carbocycles. The van der Waals surface area contributed by atoms with Gasteiger partial charge in [-0.2, -0.15) is 0 Å². The molecular weight excluding hydrogens is 338 g/mol. The number of hydrogen-bond donors (Lipinski definition) is 2. The highest BCUT2D eigenvalue weighted by Crippen LogP contribution is 2.32. The Kier molecular flexibility index (Phi) is 6.91. The molecule has 0 spiro atoms. The van der Waals surface area contributed by atoms with Crippen LogP contribution >= 0.6 is 0 Å². The molecule has 2 atom stereocenters. The van der Waals surface area contributed by atoms with Gasteiger partial charge in [-0.3, -0.25) is 4.79 Å². The molecule has 1 fully saturated rings. The van der Waals surface area contributed by atoms with Crippen molar-refractivity contribution in [2.24, 2.45) is 11.8 Å². The highest BCUT2D eigenvalue weighted by atomic mass is 16.5. The fourth-order valence-electron chi connectivity index (χ4n) is 3.98. The van der Waals surface area contributed by atoms with Crippen molar-refractivity contribution in [3.05, 3.63) is 42.3 Å². The molecule has 2 heterocycles. The van der Waals surface area contributed by atoms with Crippen molar-refractivity contribution in [2.75, 3.05) is 18.4 Å². The fraction of sp³-hybridized carbons (Fsp3) is 0.545. The topological polar surface area (TPSA) is 63.2 Å². The maximum absolute atomic E-state index is 12.3. The second-order valence-corrected chi connectivity index (χ2v) is 7.80. The summed E-state index contributed by atoms with van der Waals surface area (Å²) in [6.07, 6.45) is 11.9. The maximum Gasteiger partial charge on any atom is 0.250 e. The van der Waals surface area contributed by atoms with Crippen LogP contribution in [0.3, 0.4) is 0 Å². The van der Waals surface area contributed by atoms with Crippen LogP contribution in [-0.4, -0.2) is 24.0 Å². The number of anilines is 1. The Bertz CT molecular complexity index is 699. The number of nitrogens with one attached hydrogen (secondary N) is 2. The molecular formula is C22H31N3O2. The molecule has 5 heteroatoms. The maximum atomic E-state index is 12.3. The van der Waals surface area contributed by atoms with E-state index in [2.05, 4.69) is 22.2 Å². The van der Waals surface area contributed by atoms with Crippen molar-refractivity contribution in [1.29, 1.82) is 0 Å². The molecule has 146 valence electrons. The first-order valence-corrected chi connectivity index (χ1v) is 10.1. The van der Waals surface area contributed by atoms with E-state index in [-0.39, 0.29) is 5.91 Å². The molecule has 1 aromatic rings. The number of amides is 1. The smallest absolute Gasteiger partial charge is 0.250 e. The Labute approximate surface area is 162 Å². The minimum absolute atomic E-state index is 0.0666. The molecule has 0 aromatic carbocycles. The van der Waals surface area contributed by atoms with E-state index < -0.39 is 0 Å². The zero-order valence-electron chi connectivity index (χ0n) is 16.3. The van der Waals surface area contributed by atoms with E-state index in [9.17, 15) is 4.79 Å². The second kappa shape index (κ2) is 9.58. The van der Waals surface area contributed by atoms with Crippen LogP contribution in [0.15, 0.2) is 36.7 Å². The second-order valence-electron chi connectivity index (χ2n) is 7.80. The lowest BCUT2D eigenvalue weighted by Gasteiger charge is -2.29. The number of hydrogen-bond acceptors (Lipinski definition) is 4. The number of ether oxygens (including phenoxy) is 1. The lowest BCUT2D eigenvalue weighted by Crippen LogP contribution is -2.32. The molecule has 2 aliphatic rings. The summed E-state index contributed by atoms with van der Waals surface area (Å²) in [6.45, 7) is 7.42. The standard InChI is InChI=1S/C22H31N3O2/c1-16-15-27-17(2)20-9-11-24-21(13-20)23-10-4-3-6-18-7-5-8-19(12-18)14-25-22(16)26/h9,11,13,15,18-19H,2-8,10,12,14H2,1H3,(H,23,24)(H,25,26)/b16-15+. The summed E-state index contributed by atoms with van der Waals surface area (Å²) in [5, 5.41) is 6.47. The SMILES string of the molecule is C=C1O/C=C(\C)C(=O)NCC2CCCC(CCCCNc3cc1ccn3)C2. The van der Waals surface area contributed by atoms with E-state index in [4.69, 9.17) is 4.74 Å². The Hall–Kier alpha value is -2.30. The van der Waals surface area contributed by atoms with Crippen LogP contribution in [0.1, 0.15) is 57.4 Å². The fourth-order valence-corrected chi connectivity index (χ4v) is 3.98. The van der Waals surface area contributed by atoms with Gasteiger partial charge in [0.05, 0.1) is 6.26 Å². The zero-order chi connectivity index (χ0) is 19.1. The molecule has 3 rings (SSSR count).